The van der Waals surface area contributed by atoms with Gasteiger partial charge in [0.1, 0.15) is 0 Å². The number of hydrogen-bond acceptors (Lipinski definition) is 3. The maximum absolute atomic E-state index is 12.4. The SMILES string of the molecule is NCCCCN(Cl)S(=O)(=O)c1ccc2c(Cl)cccc2c1. The van der Waals surface area contributed by atoms with Crippen LogP contribution in [0, 0.1) is 0 Å². The summed E-state index contributed by atoms with van der Waals surface area (Å²) in [5.41, 5.74) is 5.39. The van der Waals surface area contributed by atoms with Crippen molar-refractivity contribution in [2.45, 2.75) is 17.7 Å². The van der Waals surface area contributed by atoms with Crippen LogP contribution >= 0.6 is 23.4 Å². The van der Waals surface area contributed by atoms with Gasteiger partial charge in [-0.15, -0.1) is 3.82 Å². The van der Waals surface area contributed by atoms with Crippen LogP contribution in [-0.2, 0) is 10.0 Å². The maximum Gasteiger partial charge on any atom is 0.256 e. The Labute approximate surface area is 134 Å². The molecular weight excluding hydrogens is 331 g/mol. The second-order valence-electron chi connectivity index (χ2n) is 4.63. The molecule has 0 unspecified atom stereocenters. The van der Waals surface area contributed by atoms with Crippen LogP contribution in [-0.4, -0.2) is 25.3 Å². The number of nitrogens with zero attached hydrogens (tertiary/aromatic N) is 1. The molecule has 2 aromatic carbocycles. The van der Waals surface area contributed by atoms with Crippen molar-refractivity contribution in [3.05, 3.63) is 41.4 Å². The topological polar surface area (TPSA) is 63.4 Å². The highest BCUT2D eigenvalue weighted by Gasteiger charge is 2.22. The third-order valence-electron chi connectivity index (χ3n) is 3.15. The van der Waals surface area contributed by atoms with Gasteiger partial charge >= 0.3 is 0 Å². The van der Waals surface area contributed by atoms with Crippen LogP contribution in [0.3, 0.4) is 0 Å². The molecule has 0 atom stereocenters. The van der Waals surface area contributed by atoms with Crippen LogP contribution in [0.1, 0.15) is 12.8 Å². The summed E-state index contributed by atoms with van der Waals surface area (Å²) >= 11 is 12.0. The first-order valence-corrected chi connectivity index (χ1v) is 8.69. The summed E-state index contributed by atoms with van der Waals surface area (Å²) in [5, 5.41) is 2.15. The van der Waals surface area contributed by atoms with Crippen molar-refractivity contribution in [2.24, 2.45) is 5.73 Å². The molecule has 4 nitrogen and oxygen atoms in total. The Morgan fingerprint density at radius 3 is 2.62 bits per heavy atom. The van der Waals surface area contributed by atoms with Crippen molar-refractivity contribution >= 4 is 44.2 Å². The number of unbranched alkanes of at least 4 members (excludes halogenated alkanes) is 1. The van der Waals surface area contributed by atoms with E-state index in [0.29, 0.717) is 18.0 Å². The van der Waals surface area contributed by atoms with Crippen molar-refractivity contribution in [3.8, 4) is 0 Å². The number of nitrogens with two attached hydrogens (primary N) is 1. The minimum atomic E-state index is -3.71. The predicted octanol–water partition coefficient (Wildman–Crippen LogP) is 3.38. The largest absolute Gasteiger partial charge is 0.330 e. The Morgan fingerprint density at radius 2 is 1.90 bits per heavy atom. The molecule has 0 aliphatic heterocycles. The minimum absolute atomic E-state index is 0.153. The normalized spacial score (nSPS) is 12.2. The van der Waals surface area contributed by atoms with E-state index < -0.39 is 10.0 Å². The van der Waals surface area contributed by atoms with Crippen LogP contribution in [0.25, 0.3) is 10.8 Å². The molecule has 0 amide bonds. The average molecular weight is 347 g/mol. The highest BCUT2D eigenvalue weighted by atomic mass is 35.5. The summed E-state index contributed by atoms with van der Waals surface area (Å²) < 4.78 is 25.6. The minimum Gasteiger partial charge on any atom is -0.330 e. The lowest BCUT2D eigenvalue weighted by atomic mass is 10.1. The second kappa shape index (κ2) is 6.94. The third kappa shape index (κ3) is 3.67. The monoisotopic (exact) mass is 346 g/mol. The van der Waals surface area contributed by atoms with Crippen LogP contribution in [0.4, 0.5) is 0 Å². The first kappa shape index (κ1) is 16.5. The summed E-state index contributed by atoms with van der Waals surface area (Å²) in [6.45, 7) is 0.744. The lowest BCUT2D eigenvalue weighted by Gasteiger charge is -2.14. The second-order valence-corrected chi connectivity index (χ2v) is 7.51. The quantitative estimate of drug-likeness (QED) is 0.644. The maximum atomic E-state index is 12.4. The summed E-state index contributed by atoms with van der Waals surface area (Å²) in [7, 11) is -3.71. The van der Waals surface area contributed by atoms with Crippen LogP contribution in [0.15, 0.2) is 41.3 Å². The molecule has 7 heteroatoms. The highest BCUT2D eigenvalue weighted by molar-refractivity contribution is 7.90. The van der Waals surface area contributed by atoms with Gasteiger partial charge in [-0.05, 0) is 54.7 Å². The van der Waals surface area contributed by atoms with Crippen molar-refractivity contribution in [2.75, 3.05) is 13.1 Å². The van der Waals surface area contributed by atoms with E-state index in [4.69, 9.17) is 29.1 Å². The van der Waals surface area contributed by atoms with Crippen molar-refractivity contribution in [1.29, 1.82) is 0 Å². The molecule has 0 aromatic heterocycles. The molecule has 2 N–H and O–H groups in total. The number of fused-ring (bicyclic) bond motifs is 1. The van der Waals surface area contributed by atoms with E-state index in [2.05, 4.69) is 0 Å². The molecular formula is C14H16Cl2N2O2S. The highest BCUT2D eigenvalue weighted by Crippen LogP contribution is 2.27. The predicted molar refractivity (Wildman–Crippen MR) is 87.0 cm³/mol. The standard InChI is InChI=1S/C14H16Cl2N2O2S/c15-14-5-3-4-11-10-12(6-7-13(11)14)21(19,20)18(16)9-2-1-8-17/h3-7,10H,1-2,8-9,17H2. The van der Waals surface area contributed by atoms with Crippen LogP contribution in [0.2, 0.25) is 5.02 Å². The zero-order valence-electron chi connectivity index (χ0n) is 11.3. The fraction of sp³-hybridized carbons (Fsp3) is 0.286. The summed E-state index contributed by atoms with van der Waals surface area (Å²) in [6, 6.07) is 10.1. The van der Waals surface area contributed by atoms with Gasteiger partial charge in [-0.2, -0.15) is 0 Å². The van der Waals surface area contributed by atoms with Gasteiger partial charge in [0, 0.05) is 17.0 Å². The summed E-state index contributed by atoms with van der Waals surface area (Å²) in [5.74, 6) is 0. The first-order valence-electron chi connectivity index (χ1n) is 6.53. The van der Waals surface area contributed by atoms with Gasteiger partial charge in [0.15, 0.2) is 0 Å². The van der Waals surface area contributed by atoms with Gasteiger partial charge in [-0.1, -0.05) is 29.8 Å². The fourth-order valence-electron chi connectivity index (χ4n) is 2.00. The van der Waals surface area contributed by atoms with Gasteiger partial charge < -0.3 is 5.73 Å². The molecule has 0 aliphatic rings. The van der Waals surface area contributed by atoms with Crippen molar-refractivity contribution in [3.63, 3.8) is 0 Å². The summed E-state index contributed by atoms with van der Waals surface area (Å²) in [4.78, 5) is 0.153. The van der Waals surface area contributed by atoms with E-state index in [1.807, 2.05) is 6.07 Å². The average Bonchev–Trinajstić information content (AvgIpc) is 2.47. The van der Waals surface area contributed by atoms with Crippen LogP contribution in [0.5, 0.6) is 0 Å². The van der Waals surface area contributed by atoms with E-state index in [1.165, 1.54) is 6.07 Å². The van der Waals surface area contributed by atoms with Gasteiger partial charge in [0.05, 0.1) is 4.90 Å². The number of rotatable bonds is 6. The Kier molecular flexibility index (Phi) is 5.46. The fourth-order valence-corrected chi connectivity index (χ4v) is 3.72. The van der Waals surface area contributed by atoms with E-state index in [1.54, 1.807) is 24.3 Å². The van der Waals surface area contributed by atoms with E-state index in [0.717, 1.165) is 21.0 Å². The van der Waals surface area contributed by atoms with Crippen LogP contribution < -0.4 is 5.73 Å². The molecule has 2 aromatic rings. The molecule has 0 heterocycles. The molecule has 0 bridgehead atoms. The first-order chi connectivity index (χ1) is 9.96. The molecule has 0 aliphatic carbocycles. The van der Waals surface area contributed by atoms with Gasteiger partial charge in [-0.3, -0.25) is 0 Å². The smallest absolute Gasteiger partial charge is 0.256 e. The third-order valence-corrected chi connectivity index (χ3v) is 5.74. The zero-order valence-corrected chi connectivity index (χ0v) is 13.6. The molecule has 0 radical (unpaired) electrons. The zero-order chi connectivity index (χ0) is 15.5. The molecule has 114 valence electrons. The number of sulfonamides is 1. The number of hydrogen-bond donors (Lipinski definition) is 1. The molecule has 0 saturated carbocycles. The Hall–Kier alpha value is -0.850. The van der Waals surface area contributed by atoms with E-state index >= 15 is 0 Å². The Balaban J connectivity index is 2.32. The lowest BCUT2D eigenvalue weighted by Crippen LogP contribution is -2.23. The van der Waals surface area contributed by atoms with Crippen molar-refractivity contribution < 1.29 is 8.42 Å². The molecule has 0 saturated heterocycles. The van der Waals surface area contributed by atoms with E-state index in [-0.39, 0.29) is 11.4 Å². The Morgan fingerprint density at radius 1 is 1.14 bits per heavy atom. The molecule has 0 spiro atoms. The van der Waals surface area contributed by atoms with Gasteiger partial charge in [0.25, 0.3) is 10.0 Å². The molecule has 2 rings (SSSR count). The van der Waals surface area contributed by atoms with Gasteiger partial charge in [0.2, 0.25) is 0 Å². The van der Waals surface area contributed by atoms with E-state index in [9.17, 15) is 8.42 Å². The number of halogens is 2. The molecule has 0 fully saturated rings. The molecule has 21 heavy (non-hydrogen) atoms. The number of benzene rings is 2. The summed E-state index contributed by atoms with van der Waals surface area (Å²) in [6.07, 6.45) is 1.35. The van der Waals surface area contributed by atoms with Crippen molar-refractivity contribution in [1.82, 2.24) is 3.82 Å². The lowest BCUT2D eigenvalue weighted by molar-refractivity contribution is 0.523. The van der Waals surface area contributed by atoms with Gasteiger partial charge in [-0.25, -0.2) is 8.42 Å². The Bertz CT molecular complexity index is 735.